The summed E-state index contributed by atoms with van der Waals surface area (Å²) in [4.78, 5) is 15.7. The third kappa shape index (κ3) is 2.72. The van der Waals surface area contributed by atoms with Gasteiger partial charge in [0.1, 0.15) is 12.4 Å². The summed E-state index contributed by atoms with van der Waals surface area (Å²) >= 11 is 0. The second-order valence-corrected chi connectivity index (χ2v) is 3.55. The van der Waals surface area contributed by atoms with E-state index >= 15 is 0 Å². The number of carbonyl (C=O) groups excluding carboxylic acids is 1. The van der Waals surface area contributed by atoms with Gasteiger partial charge in [0.05, 0.1) is 6.61 Å². The van der Waals surface area contributed by atoms with E-state index in [0.717, 1.165) is 11.4 Å². The number of aromatic nitrogens is 2. The van der Waals surface area contributed by atoms with Crippen molar-refractivity contribution in [3.8, 4) is 11.4 Å². The Labute approximate surface area is 99.9 Å². The zero-order chi connectivity index (χ0) is 12.1. The quantitative estimate of drug-likeness (QED) is 0.755. The minimum absolute atomic E-state index is 0.193. The zero-order valence-corrected chi connectivity index (χ0v) is 9.67. The van der Waals surface area contributed by atoms with Crippen LogP contribution in [-0.2, 0) is 16.1 Å². The molecule has 0 spiro atoms. The first-order chi connectivity index (χ1) is 8.31. The van der Waals surface area contributed by atoms with Crippen molar-refractivity contribution >= 4 is 5.97 Å². The van der Waals surface area contributed by atoms with Crippen LogP contribution in [0.4, 0.5) is 0 Å². The maximum atomic E-state index is 11.4. The summed E-state index contributed by atoms with van der Waals surface area (Å²) < 4.78 is 6.70. The average molecular weight is 230 g/mol. The number of benzene rings is 1. The lowest BCUT2D eigenvalue weighted by Gasteiger charge is -2.07. The van der Waals surface area contributed by atoms with Gasteiger partial charge in [0.15, 0.2) is 0 Å². The summed E-state index contributed by atoms with van der Waals surface area (Å²) in [7, 11) is 0. The highest BCUT2D eigenvalue weighted by Crippen LogP contribution is 2.16. The van der Waals surface area contributed by atoms with E-state index < -0.39 is 0 Å². The lowest BCUT2D eigenvalue weighted by molar-refractivity contribution is -0.143. The molecule has 1 aromatic heterocycles. The number of imidazole rings is 1. The van der Waals surface area contributed by atoms with E-state index in [-0.39, 0.29) is 12.5 Å². The van der Waals surface area contributed by atoms with Crippen LogP contribution in [0.2, 0.25) is 0 Å². The van der Waals surface area contributed by atoms with Crippen molar-refractivity contribution in [1.29, 1.82) is 0 Å². The van der Waals surface area contributed by atoms with E-state index in [1.54, 1.807) is 23.9 Å². The molecule has 0 atom stereocenters. The summed E-state index contributed by atoms with van der Waals surface area (Å²) in [6, 6.07) is 9.76. The molecule has 4 nitrogen and oxygen atoms in total. The SMILES string of the molecule is CCOC(=O)Cn1ccnc1-c1ccccc1. The fourth-order valence-electron chi connectivity index (χ4n) is 1.63. The van der Waals surface area contributed by atoms with Crippen molar-refractivity contribution in [2.45, 2.75) is 13.5 Å². The van der Waals surface area contributed by atoms with Crippen LogP contribution < -0.4 is 0 Å². The van der Waals surface area contributed by atoms with Gasteiger partial charge >= 0.3 is 5.97 Å². The molecule has 0 saturated carbocycles. The number of hydrogen-bond donors (Lipinski definition) is 0. The van der Waals surface area contributed by atoms with Crippen molar-refractivity contribution < 1.29 is 9.53 Å². The normalized spacial score (nSPS) is 10.2. The van der Waals surface area contributed by atoms with E-state index in [2.05, 4.69) is 4.98 Å². The highest BCUT2D eigenvalue weighted by atomic mass is 16.5. The minimum Gasteiger partial charge on any atom is -0.465 e. The fourth-order valence-corrected chi connectivity index (χ4v) is 1.63. The largest absolute Gasteiger partial charge is 0.465 e. The summed E-state index contributed by atoms with van der Waals surface area (Å²) in [5.41, 5.74) is 0.988. The molecular formula is C13H14N2O2. The molecule has 0 bridgehead atoms. The van der Waals surface area contributed by atoms with Gasteiger partial charge in [-0.2, -0.15) is 0 Å². The fraction of sp³-hybridized carbons (Fsp3) is 0.231. The molecule has 4 heteroatoms. The number of ether oxygens (including phenoxy) is 1. The van der Waals surface area contributed by atoms with Crippen LogP contribution in [0.3, 0.4) is 0 Å². The topological polar surface area (TPSA) is 44.1 Å². The zero-order valence-electron chi connectivity index (χ0n) is 9.67. The van der Waals surface area contributed by atoms with Crippen LogP contribution in [0.1, 0.15) is 6.92 Å². The molecule has 0 aliphatic rings. The van der Waals surface area contributed by atoms with Gasteiger partial charge in [0, 0.05) is 18.0 Å². The maximum Gasteiger partial charge on any atom is 0.325 e. The lowest BCUT2D eigenvalue weighted by atomic mass is 10.2. The van der Waals surface area contributed by atoms with Gasteiger partial charge in [-0.3, -0.25) is 4.79 Å². The smallest absolute Gasteiger partial charge is 0.325 e. The van der Waals surface area contributed by atoms with E-state index in [4.69, 9.17) is 4.74 Å². The molecule has 0 amide bonds. The molecule has 0 fully saturated rings. The van der Waals surface area contributed by atoms with Gasteiger partial charge in [0.25, 0.3) is 0 Å². The van der Waals surface area contributed by atoms with Crippen molar-refractivity contribution in [3.63, 3.8) is 0 Å². The van der Waals surface area contributed by atoms with Crippen LogP contribution in [0.25, 0.3) is 11.4 Å². The van der Waals surface area contributed by atoms with Gasteiger partial charge in [-0.15, -0.1) is 0 Å². The predicted molar refractivity (Wildman–Crippen MR) is 64.3 cm³/mol. The van der Waals surface area contributed by atoms with Crippen molar-refractivity contribution in [3.05, 3.63) is 42.7 Å². The standard InChI is InChI=1S/C13H14N2O2/c1-2-17-12(16)10-15-9-8-14-13(15)11-6-4-3-5-7-11/h3-9H,2,10H2,1H3. The Morgan fingerprint density at radius 2 is 2.12 bits per heavy atom. The van der Waals surface area contributed by atoms with Crippen molar-refractivity contribution in [2.75, 3.05) is 6.61 Å². The molecule has 88 valence electrons. The Morgan fingerprint density at radius 3 is 2.82 bits per heavy atom. The predicted octanol–water partition coefficient (Wildman–Crippen LogP) is 2.11. The maximum absolute atomic E-state index is 11.4. The molecule has 0 unspecified atom stereocenters. The number of hydrogen-bond acceptors (Lipinski definition) is 3. The third-order valence-corrected chi connectivity index (χ3v) is 2.35. The second-order valence-electron chi connectivity index (χ2n) is 3.55. The molecule has 1 heterocycles. The van der Waals surface area contributed by atoms with Crippen LogP contribution in [0.15, 0.2) is 42.7 Å². The molecule has 0 aliphatic carbocycles. The summed E-state index contributed by atoms with van der Waals surface area (Å²) in [6.45, 7) is 2.39. The summed E-state index contributed by atoms with van der Waals surface area (Å²) in [5, 5.41) is 0. The third-order valence-electron chi connectivity index (χ3n) is 2.35. The van der Waals surface area contributed by atoms with Gasteiger partial charge in [0.2, 0.25) is 0 Å². The number of nitrogens with zero attached hydrogens (tertiary/aromatic N) is 2. The molecule has 0 radical (unpaired) electrons. The highest BCUT2D eigenvalue weighted by molar-refractivity contribution is 5.70. The van der Waals surface area contributed by atoms with E-state index in [1.807, 2.05) is 30.3 Å². The number of rotatable bonds is 4. The molecule has 17 heavy (non-hydrogen) atoms. The first-order valence-electron chi connectivity index (χ1n) is 5.53. The van der Waals surface area contributed by atoms with E-state index in [9.17, 15) is 4.79 Å². The van der Waals surface area contributed by atoms with Crippen LogP contribution in [0.5, 0.6) is 0 Å². The Morgan fingerprint density at radius 1 is 1.35 bits per heavy atom. The van der Waals surface area contributed by atoms with Crippen molar-refractivity contribution in [2.24, 2.45) is 0 Å². The van der Waals surface area contributed by atoms with Crippen molar-refractivity contribution in [1.82, 2.24) is 9.55 Å². The lowest BCUT2D eigenvalue weighted by Crippen LogP contribution is -2.13. The van der Waals surface area contributed by atoms with Crippen LogP contribution in [-0.4, -0.2) is 22.1 Å². The van der Waals surface area contributed by atoms with Gasteiger partial charge < -0.3 is 9.30 Å². The van der Waals surface area contributed by atoms with Crippen LogP contribution in [0, 0.1) is 0 Å². The molecule has 2 rings (SSSR count). The van der Waals surface area contributed by atoms with E-state index in [1.165, 1.54) is 0 Å². The Kier molecular flexibility index (Phi) is 3.55. The first-order valence-corrected chi connectivity index (χ1v) is 5.53. The summed E-state index contributed by atoms with van der Waals surface area (Å²) in [6.07, 6.45) is 3.46. The van der Waals surface area contributed by atoms with Gasteiger partial charge in [-0.25, -0.2) is 4.98 Å². The molecule has 1 aromatic carbocycles. The Hall–Kier alpha value is -2.10. The average Bonchev–Trinajstić information content (AvgIpc) is 2.78. The number of carbonyl (C=O) groups is 1. The molecule has 0 saturated heterocycles. The molecule has 0 aliphatic heterocycles. The number of esters is 1. The van der Waals surface area contributed by atoms with E-state index in [0.29, 0.717) is 6.61 Å². The molecular weight excluding hydrogens is 216 g/mol. The van der Waals surface area contributed by atoms with Gasteiger partial charge in [-0.05, 0) is 6.92 Å². The Bertz CT molecular complexity index is 491. The summed E-state index contributed by atoms with van der Waals surface area (Å²) in [5.74, 6) is 0.529. The van der Waals surface area contributed by atoms with Crippen LogP contribution >= 0.6 is 0 Å². The molecule has 2 aromatic rings. The Balaban J connectivity index is 2.20. The highest BCUT2D eigenvalue weighted by Gasteiger charge is 2.09. The first kappa shape index (κ1) is 11.4. The minimum atomic E-state index is -0.248. The monoisotopic (exact) mass is 230 g/mol. The second kappa shape index (κ2) is 5.30. The molecule has 0 N–H and O–H groups in total. The van der Waals surface area contributed by atoms with Gasteiger partial charge in [-0.1, -0.05) is 30.3 Å².